The molecule has 4 rings (SSSR count). The van der Waals surface area contributed by atoms with Gasteiger partial charge in [0, 0.05) is 50.3 Å². The summed E-state index contributed by atoms with van der Waals surface area (Å²) in [4.78, 5) is 31.9. The van der Waals surface area contributed by atoms with Gasteiger partial charge in [0.25, 0.3) is 0 Å². The molecule has 2 aliphatic heterocycles. The molecule has 2 atom stereocenters. The van der Waals surface area contributed by atoms with Crippen molar-refractivity contribution in [3.8, 4) is 17.0 Å². The third kappa shape index (κ3) is 7.54. The standard InChI is InChI=1S/C27H34F2N4O4.ClH/c1-17(2)36-27(35)32-11-8-22(9-12-32)37-25-6-5-20(15-31-25)18-3-4-19(23(29)13-18)14-24(30)26(34)33-10-7-21(28)16-33;/h3-6,13,15,17,21-22,24H,7-12,14,16,30H2,1-2H3;1H/t21-,24-;/m0./s1. The number of benzene rings is 1. The van der Waals surface area contributed by atoms with Crippen molar-refractivity contribution in [3.63, 3.8) is 0 Å². The van der Waals surface area contributed by atoms with E-state index in [9.17, 15) is 18.4 Å². The Kier molecular flexibility index (Phi) is 10.3. The molecule has 2 fully saturated rings. The van der Waals surface area contributed by atoms with E-state index in [4.69, 9.17) is 15.2 Å². The summed E-state index contributed by atoms with van der Waals surface area (Å²) >= 11 is 0. The van der Waals surface area contributed by atoms with Gasteiger partial charge in [0.05, 0.1) is 18.7 Å². The Morgan fingerprint density at radius 1 is 1.08 bits per heavy atom. The zero-order valence-electron chi connectivity index (χ0n) is 21.6. The van der Waals surface area contributed by atoms with Crippen molar-refractivity contribution in [3.05, 3.63) is 47.9 Å². The van der Waals surface area contributed by atoms with E-state index in [2.05, 4.69) is 4.98 Å². The first-order chi connectivity index (χ1) is 17.7. The fourth-order valence-electron chi connectivity index (χ4n) is 4.59. The van der Waals surface area contributed by atoms with E-state index in [1.54, 1.807) is 29.3 Å². The molecule has 0 radical (unpaired) electrons. The minimum atomic E-state index is -1.02. The Labute approximate surface area is 227 Å². The molecule has 8 nitrogen and oxygen atoms in total. The molecular weight excluding hydrogens is 518 g/mol. The van der Waals surface area contributed by atoms with Crippen LogP contribution in [-0.4, -0.2) is 77.4 Å². The van der Waals surface area contributed by atoms with Crippen molar-refractivity contribution < 1.29 is 27.8 Å². The highest BCUT2D eigenvalue weighted by Gasteiger charge is 2.30. The minimum Gasteiger partial charge on any atom is -0.474 e. The summed E-state index contributed by atoms with van der Waals surface area (Å²) < 4.78 is 39.4. The van der Waals surface area contributed by atoms with Gasteiger partial charge in [0.1, 0.15) is 18.1 Å². The molecule has 0 aliphatic carbocycles. The number of ether oxygens (including phenoxy) is 2. The van der Waals surface area contributed by atoms with Gasteiger partial charge in [-0.15, -0.1) is 12.4 Å². The maximum absolute atomic E-state index is 14.8. The van der Waals surface area contributed by atoms with E-state index in [1.807, 2.05) is 19.9 Å². The van der Waals surface area contributed by atoms with Gasteiger partial charge in [-0.25, -0.2) is 18.6 Å². The number of hydrogen-bond acceptors (Lipinski definition) is 6. The second-order valence-electron chi connectivity index (χ2n) is 9.91. The number of alkyl halides is 1. The van der Waals surface area contributed by atoms with E-state index in [0.29, 0.717) is 55.9 Å². The number of rotatable bonds is 7. The zero-order chi connectivity index (χ0) is 26.5. The fraction of sp³-hybridized carbons (Fsp3) is 0.519. The molecule has 11 heteroatoms. The highest BCUT2D eigenvalue weighted by molar-refractivity contribution is 5.85. The van der Waals surface area contributed by atoms with Crippen LogP contribution in [0.4, 0.5) is 13.6 Å². The molecule has 0 bridgehead atoms. The SMILES string of the molecule is CC(C)OC(=O)N1CCC(Oc2ccc(-c3ccc(C[C@H](N)C(=O)N4CC[C@H](F)C4)c(F)c3)cn2)CC1.Cl. The summed E-state index contributed by atoms with van der Waals surface area (Å²) in [7, 11) is 0. The molecule has 2 N–H and O–H groups in total. The predicted octanol–water partition coefficient (Wildman–Crippen LogP) is 4.14. The van der Waals surface area contributed by atoms with Gasteiger partial charge < -0.3 is 25.0 Å². The normalized spacial score (nSPS) is 18.7. The Bertz CT molecular complexity index is 1100. The molecule has 208 valence electrons. The van der Waals surface area contributed by atoms with Crippen molar-refractivity contribution in [2.45, 2.75) is 64.0 Å². The smallest absolute Gasteiger partial charge is 0.410 e. The van der Waals surface area contributed by atoms with Crippen molar-refractivity contribution in [2.24, 2.45) is 5.73 Å². The van der Waals surface area contributed by atoms with Gasteiger partial charge in [0.2, 0.25) is 11.8 Å². The molecule has 2 saturated heterocycles. The van der Waals surface area contributed by atoms with Crippen molar-refractivity contribution in [1.29, 1.82) is 0 Å². The number of hydrogen-bond donors (Lipinski definition) is 1. The summed E-state index contributed by atoms with van der Waals surface area (Å²) in [5.74, 6) is -0.357. The van der Waals surface area contributed by atoms with Crippen LogP contribution in [0.5, 0.6) is 5.88 Å². The Morgan fingerprint density at radius 3 is 2.34 bits per heavy atom. The third-order valence-corrected chi connectivity index (χ3v) is 6.65. The summed E-state index contributed by atoms with van der Waals surface area (Å²) in [5.41, 5.74) is 7.68. The lowest BCUT2D eigenvalue weighted by Crippen LogP contribution is -2.44. The number of nitrogens with zero attached hydrogens (tertiary/aromatic N) is 3. The third-order valence-electron chi connectivity index (χ3n) is 6.65. The van der Waals surface area contributed by atoms with E-state index in [-0.39, 0.29) is 49.6 Å². The molecular formula is C27H35ClF2N4O4. The van der Waals surface area contributed by atoms with Crippen molar-refractivity contribution >= 4 is 24.4 Å². The van der Waals surface area contributed by atoms with Gasteiger partial charge in [-0.3, -0.25) is 4.79 Å². The van der Waals surface area contributed by atoms with Crippen LogP contribution >= 0.6 is 12.4 Å². The number of halogens is 3. The summed E-state index contributed by atoms with van der Waals surface area (Å²) in [6, 6.07) is 7.39. The lowest BCUT2D eigenvalue weighted by molar-refractivity contribution is -0.131. The lowest BCUT2D eigenvalue weighted by atomic mass is 10.0. The van der Waals surface area contributed by atoms with Crippen LogP contribution < -0.4 is 10.5 Å². The predicted molar refractivity (Wildman–Crippen MR) is 141 cm³/mol. The molecule has 1 aromatic heterocycles. The van der Waals surface area contributed by atoms with E-state index in [0.717, 1.165) is 5.56 Å². The number of piperidine rings is 1. The van der Waals surface area contributed by atoms with Crippen LogP contribution in [0.25, 0.3) is 11.1 Å². The number of amides is 2. The average Bonchev–Trinajstić information content (AvgIpc) is 3.31. The Balaban J connectivity index is 0.00000400. The number of aromatic nitrogens is 1. The van der Waals surface area contributed by atoms with Crippen LogP contribution in [0.2, 0.25) is 0 Å². The quantitative estimate of drug-likeness (QED) is 0.554. The molecule has 0 saturated carbocycles. The van der Waals surface area contributed by atoms with Gasteiger partial charge >= 0.3 is 6.09 Å². The molecule has 38 heavy (non-hydrogen) atoms. The minimum absolute atomic E-state index is 0. The Hall–Kier alpha value is -2.98. The highest BCUT2D eigenvalue weighted by Crippen LogP contribution is 2.25. The average molecular weight is 553 g/mol. The number of carbonyl (C=O) groups is 2. The molecule has 2 amide bonds. The van der Waals surface area contributed by atoms with Gasteiger partial charge in [-0.05, 0) is 49.9 Å². The second kappa shape index (κ2) is 13.2. The van der Waals surface area contributed by atoms with Gasteiger partial charge in [0.15, 0.2) is 0 Å². The maximum Gasteiger partial charge on any atom is 0.410 e. The summed E-state index contributed by atoms with van der Waals surface area (Å²) in [6.07, 6.45) is 1.80. The van der Waals surface area contributed by atoms with Crippen LogP contribution in [0.1, 0.15) is 38.7 Å². The summed E-state index contributed by atoms with van der Waals surface area (Å²) in [6.45, 7) is 5.15. The zero-order valence-corrected chi connectivity index (χ0v) is 22.5. The van der Waals surface area contributed by atoms with Crippen LogP contribution in [0.15, 0.2) is 36.5 Å². The van der Waals surface area contributed by atoms with Crippen molar-refractivity contribution in [2.75, 3.05) is 26.2 Å². The van der Waals surface area contributed by atoms with E-state index >= 15 is 0 Å². The topological polar surface area (TPSA) is 98.0 Å². The van der Waals surface area contributed by atoms with E-state index in [1.165, 1.54) is 11.0 Å². The Morgan fingerprint density at radius 2 is 1.76 bits per heavy atom. The van der Waals surface area contributed by atoms with Crippen LogP contribution in [-0.2, 0) is 16.0 Å². The van der Waals surface area contributed by atoms with Crippen molar-refractivity contribution in [1.82, 2.24) is 14.8 Å². The van der Waals surface area contributed by atoms with E-state index < -0.39 is 18.0 Å². The van der Waals surface area contributed by atoms with Crippen LogP contribution in [0, 0.1) is 5.82 Å². The highest BCUT2D eigenvalue weighted by atomic mass is 35.5. The first-order valence-electron chi connectivity index (χ1n) is 12.7. The number of nitrogens with two attached hydrogens (primary N) is 1. The molecule has 2 aliphatic rings. The number of carbonyl (C=O) groups excluding carboxylic acids is 2. The second-order valence-corrected chi connectivity index (χ2v) is 9.91. The maximum atomic E-state index is 14.8. The molecule has 3 heterocycles. The monoisotopic (exact) mass is 552 g/mol. The molecule has 0 unspecified atom stereocenters. The number of likely N-dealkylation sites (tertiary alicyclic amines) is 2. The first kappa shape index (κ1) is 29.6. The molecule has 1 aromatic carbocycles. The van der Waals surface area contributed by atoms with Crippen LogP contribution in [0.3, 0.4) is 0 Å². The molecule has 2 aromatic rings. The lowest BCUT2D eigenvalue weighted by Gasteiger charge is -2.31. The summed E-state index contributed by atoms with van der Waals surface area (Å²) in [5, 5.41) is 0. The largest absolute Gasteiger partial charge is 0.474 e. The fourth-order valence-corrected chi connectivity index (χ4v) is 4.59. The molecule has 0 spiro atoms. The van der Waals surface area contributed by atoms with Gasteiger partial charge in [-0.1, -0.05) is 12.1 Å². The number of pyridine rings is 1. The van der Waals surface area contributed by atoms with Gasteiger partial charge in [-0.2, -0.15) is 0 Å². The first-order valence-corrected chi connectivity index (χ1v) is 12.7.